The van der Waals surface area contributed by atoms with Crippen molar-refractivity contribution in [3.8, 4) is 0 Å². The summed E-state index contributed by atoms with van der Waals surface area (Å²) in [7, 11) is 0. The van der Waals surface area contributed by atoms with Crippen LogP contribution in [0.5, 0.6) is 0 Å². The standard InChI is InChI=1S/C14H25Cl2N3/c1-4-11(7-8-15)9-17-10-13-14(16)12(5-2)18-19(13)6-3/h11,17H,4-10H2,1-3H3. The average Bonchev–Trinajstić information content (AvgIpc) is 2.74. The lowest BCUT2D eigenvalue weighted by molar-refractivity contribution is 0.444. The number of hydrogen-bond acceptors (Lipinski definition) is 2. The molecular weight excluding hydrogens is 281 g/mol. The van der Waals surface area contributed by atoms with Crippen molar-refractivity contribution in [1.82, 2.24) is 15.1 Å². The van der Waals surface area contributed by atoms with E-state index in [0.29, 0.717) is 5.92 Å². The van der Waals surface area contributed by atoms with Crippen LogP contribution in [0.4, 0.5) is 0 Å². The maximum atomic E-state index is 6.37. The fraction of sp³-hybridized carbons (Fsp3) is 0.786. The molecule has 0 saturated heterocycles. The lowest BCUT2D eigenvalue weighted by Gasteiger charge is -2.14. The van der Waals surface area contributed by atoms with E-state index in [2.05, 4.69) is 31.2 Å². The highest BCUT2D eigenvalue weighted by Crippen LogP contribution is 2.21. The summed E-state index contributed by atoms with van der Waals surface area (Å²) in [5.41, 5.74) is 2.09. The normalized spacial score (nSPS) is 12.9. The van der Waals surface area contributed by atoms with Gasteiger partial charge in [-0.05, 0) is 32.2 Å². The number of aryl methyl sites for hydroxylation is 2. The van der Waals surface area contributed by atoms with Gasteiger partial charge in [-0.25, -0.2) is 0 Å². The van der Waals surface area contributed by atoms with E-state index in [1.165, 1.54) is 0 Å². The van der Waals surface area contributed by atoms with E-state index in [4.69, 9.17) is 23.2 Å². The zero-order chi connectivity index (χ0) is 14.3. The highest BCUT2D eigenvalue weighted by atomic mass is 35.5. The molecule has 5 heteroatoms. The van der Waals surface area contributed by atoms with Crippen molar-refractivity contribution in [3.63, 3.8) is 0 Å². The molecule has 1 unspecified atom stereocenters. The molecule has 0 aromatic carbocycles. The predicted molar refractivity (Wildman–Crippen MR) is 83.1 cm³/mol. The van der Waals surface area contributed by atoms with E-state index in [-0.39, 0.29) is 0 Å². The summed E-state index contributed by atoms with van der Waals surface area (Å²) in [4.78, 5) is 0. The monoisotopic (exact) mass is 305 g/mol. The van der Waals surface area contributed by atoms with Crippen LogP contribution in [-0.4, -0.2) is 22.2 Å². The van der Waals surface area contributed by atoms with Crippen molar-refractivity contribution in [3.05, 3.63) is 16.4 Å². The number of nitrogens with one attached hydrogen (secondary N) is 1. The molecule has 0 saturated carbocycles. The molecule has 1 N–H and O–H groups in total. The Hall–Kier alpha value is -0.250. The largest absolute Gasteiger partial charge is 0.311 e. The van der Waals surface area contributed by atoms with Crippen molar-refractivity contribution < 1.29 is 0 Å². The molecule has 0 aliphatic rings. The molecule has 110 valence electrons. The van der Waals surface area contributed by atoms with E-state index in [1.807, 2.05) is 4.68 Å². The first-order chi connectivity index (χ1) is 9.17. The number of halogens is 2. The molecule has 1 atom stereocenters. The molecular formula is C14H25Cl2N3. The first kappa shape index (κ1) is 16.8. The third kappa shape index (κ3) is 4.66. The van der Waals surface area contributed by atoms with Crippen LogP contribution in [0.2, 0.25) is 5.02 Å². The van der Waals surface area contributed by atoms with Crippen molar-refractivity contribution in [2.75, 3.05) is 12.4 Å². The Bertz CT molecular complexity index is 377. The van der Waals surface area contributed by atoms with Crippen LogP contribution >= 0.6 is 23.2 Å². The lowest BCUT2D eigenvalue weighted by atomic mass is 10.0. The van der Waals surface area contributed by atoms with E-state index in [9.17, 15) is 0 Å². The molecule has 19 heavy (non-hydrogen) atoms. The first-order valence-electron chi connectivity index (χ1n) is 7.18. The lowest BCUT2D eigenvalue weighted by Crippen LogP contribution is -2.24. The predicted octanol–water partition coefficient (Wildman–Crippen LogP) is 3.86. The molecule has 0 spiro atoms. The maximum absolute atomic E-state index is 6.37. The fourth-order valence-corrected chi connectivity index (χ4v) is 2.83. The molecule has 0 radical (unpaired) electrons. The summed E-state index contributed by atoms with van der Waals surface area (Å²) >= 11 is 12.2. The zero-order valence-electron chi connectivity index (χ0n) is 12.2. The molecule has 1 heterocycles. The minimum atomic E-state index is 0.639. The van der Waals surface area contributed by atoms with Crippen LogP contribution in [0.25, 0.3) is 0 Å². The Labute approximate surface area is 126 Å². The minimum Gasteiger partial charge on any atom is -0.311 e. The first-order valence-corrected chi connectivity index (χ1v) is 8.09. The Morgan fingerprint density at radius 1 is 1.32 bits per heavy atom. The molecule has 0 amide bonds. The number of aromatic nitrogens is 2. The Morgan fingerprint density at radius 3 is 2.58 bits per heavy atom. The molecule has 1 rings (SSSR count). The van der Waals surface area contributed by atoms with Gasteiger partial charge in [0.15, 0.2) is 0 Å². The molecule has 0 bridgehead atoms. The van der Waals surface area contributed by atoms with Crippen LogP contribution in [0, 0.1) is 5.92 Å². The number of nitrogens with zero attached hydrogens (tertiary/aromatic N) is 2. The Morgan fingerprint density at radius 2 is 2.05 bits per heavy atom. The fourth-order valence-electron chi connectivity index (χ4n) is 2.19. The zero-order valence-corrected chi connectivity index (χ0v) is 13.7. The van der Waals surface area contributed by atoms with Gasteiger partial charge in [0.2, 0.25) is 0 Å². The highest BCUT2D eigenvalue weighted by Gasteiger charge is 2.14. The summed E-state index contributed by atoms with van der Waals surface area (Å²) in [6, 6.07) is 0. The second kappa shape index (κ2) is 8.83. The highest BCUT2D eigenvalue weighted by molar-refractivity contribution is 6.31. The summed E-state index contributed by atoms with van der Waals surface area (Å²) in [6.45, 7) is 8.99. The third-order valence-corrected chi connectivity index (χ3v) is 4.17. The van der Waals surface area contributed by atoms with Crippen molar-refractivity contribution in [1.29, 1.82) is 0 Å². The van der Waals surface area contributed by atoms with Crippen LogP contribution in [-0.2, 0) is 19.5 Å². The van der Waals surface area contributed by atoms with E-state index in [1.54, 1.807) is 0 Å². The quantitative estimate of drug-likeness (QED) is 0.702. The molecule has 1 aromatic rings. The number of alkyl halides is 1. The molecule has 0 fully saturated rings. The van der Waals surface area contributed by atoms with Gasteiger partial charge in [0.25, 0.3) is 0 Å². The van der Waals surface area contributed by atoms with Crippen LogP contribution in [0.3, 0.4) is 0 Å². The van der Waals surface area contributed by atoms with E-state index in [0.717, 1.165) is 61.2 Å². The summed E-state index contributed by atoms with van der Waals surface area (Å²) in [5, 5.41) is 8.83. The second-order valence-corrected chi connectivity index (χ2v) is 5.52. The summed E-state index contributed by atoms with van der Waals surface area (Å²) < 4.78 is 2.00. The van der Waals surface area contributed by atoms with Gasteiger partial charge in [0, 0.05) is 19.0 Å². The van der Waals surface area contributed by atoms with Gasteiger partial charge in [0.1, 0.15) is 0 Å². The van der Waals surface area contributed by atoms with Crippen molar-refractivity contribution in [2.24, 2.45) is 5.92 Å². The second-order valence-electron chi connectivity index (χ2n) is 4.76. The molecule has 1 aromatic heterocycles. The van der Waals surface area contributed by atoms with Gasteiger partial charge in [0.05, 0.1) is 16.4 Å². The van der Waals surface area contributed by atoms with E-state index < -0.39 is 0 Å². The summed E-state index contributed by atoms with van der Waals surface area (Å²) in [5.74, 6) is 1.37. The minimum absolute atomic E-state index is 0.639. The van der Waals surface area contributed by atoms with Gasteiger partial charge < -0.3 is 5.32 Å². The van der Waals surface area contributed by atoms with Gasteiger partial charge in [-0.2, -0.15) is 5.10 Å². The van der Waals surface area contributed by atoms with Crippen molar-refractivity contribution in [2.45, 2.75) is 53.1 Å². The topological polar surface area (TPSA) is 29.9 Å². The molecule has 0 aliphatic heterocycles. The molecule has 0 aliphatic carbocycles. The van der Waals surface area contributed by atoms with Gasteiger partial charge in [-0.1, -0.05) is 31.9 Å². The van der Waals surface area contributed by atoms with Crippen LogP contribution < -0.4 is 5.32 Å². The summed E-state index contributed by atoms with van der Waals surface area (Å²) in [6.07, 6.45) is 3.09. The number of rotatable bonds is 9. The smallest absolute Gasteiger partial charge is 0.0863 e. The van der Waals surface area contributed by atoms with Gasteiger partial charge in [-0.3, -0.25) is 4.68 Å². The Balaban J connectivity index is 2.59. The maximum Gasteiger partial charge on any atom is 0.0863 e. The number of hydrogen-bond donors (Lipinski definition) is 1. The van der Waals surface area contributed by atoms with Crippen molar-refractivity contribution >= 4 is 23.2 Å². The average molecular weight is 306 g/mol. The molecule has 3 nitrogen and oxygen atoms in total. The van der Waals surface area contributed by atoms with Gasteiger partial charge >= 0.3 is 0 Å². The Kier molecular flexibility index (Phi) is 7.81. The van der Waals surface area contributed by atoms with Crippen LogP contribution in [0.15, 0.2) is 0 Å². The van der Waals surface area contributed by atoms with E-state index >= 15 is 0 Å². The van der Waals surface area contributed by atoms with Gasteiger partial charge in [-0.15, -0.1) is 11.6 Å². The third-order valence-electron chi connectivity index (χ3n) is 3.51. The SMILES string of the molecule is CCc1nn(CC)c(CNCC(CC)CCCl)c1Cl. The van der Waals surface area contributed by atoms with Crippen LogP contribution in [0.1, 0.15) is 45.0 Å².